The lowest BCUT2D eigenvalue weighted by Gasteiger charge is -2.39. The van der Waals surface area contributed by atoms with Crippen molar-refractivity contribution in [2.24, 2.45) is 5.92 Å². The molecule has 0 spiro atoms. The van der Waals surface area contributed by atoms with E-state index in [4.69, 9.17) is 0 Å². The highest BCUT2D eigenvalue weighted by molar-refractivity contribution is 5.93. The van der Waals surface area contributed by atoms with Gasteiger partial charge in [0.05, 0.1) is 11.6 Å². The van der Waals surface area contributed by atoms with Gasteiger partial charge in [0.25, 0.3) is 0 Å². The number of hydrogen-bond acceptors (Lipinski definition) is 2. The highest BCUT2D eigenvalue weighted by Gasteiger charge is 2.40. The zero-order valence-electron chi connectivity index (χ0n) is 13.9. The molecule has 2 N–H and O–H groups in total. The van der Waals surface area contributed by atoms with Gasteiger partial charge in [-0.1, -0.05) is 48.0 Å². The second-order valence-corrected chi connectivity index (χ2v) is 6.91. The molecule has 2 aromatic rings. The fourth-order valence-corrected chi connectivity index (χ4v) is 4.15. The summed E-state index contributed by atoms with van der Waals surface area (Å²) in [5.41, 5.74) is 5.99. The van der Waals surface area contributed by atoms with Crippen molar-refractivity contribution >= 4 is 11.7 Å². The number of benzene rings is 2. The molecule has 0 bridgehead atoms. The number of anilines is 1. The lowest BCUT2D eigenvalue weighted by Crippen LogP contribution is -2.31. The number of nitrogens with one attached hydrogen (secondary N) is 1. The second kappa shape index (κ2) is 5.52. The van der Waals surface area contributed by atoms with Gasteiger partial charge in [0.15, 0.2) is 0 Å². The molecular weight excluding hydrogens is 298 g/mol. The van der Waals surface area contributed by atoms with Crippen LogP contribution in [0.4, 0.5) is 5.69 Å². The predicted octanol–water partition coefficient (Wildman–Crippen LogP) is 4.83. The number of rotatable bonds is 2. The molecule has 2 aliphatic rings. The second-order valence-electron chi connectivity index (χ2n) is 6.91. The summed E-state index contributed by atoms with van der Waals surface area (Å²) in [6.07, 6.45) is 5.36. The van der Waals surface area contributed by atoms with E-state index in [9.17, 15) is 9.90 Å². The molecule has 0 saturated heterocycles. The molecule has 1 aliphatic heterocycles. The first-order valence-corrected chi connectivity index (χ1v) is 8.43. The Morgan fingerprint density at radius 1 is 1.12 bits per heavy atom. The minimum Gasteiger partial charge on any atom is -0.478 e. The molecule has 0 radical (unpaired) electrons. The molecule has 3 heteroatoms. The molecule has 0 saturated carbocycles. The SMILES string of the molecule is Cc1ccc([C@H]2Nc3c(C)ccc(C(=O)O)c3[C@@H]3C=CC[C@H]23)cc1. The molecule has 2 aromatic carbocycles. The minimum absolute atomic E-state index is 0.165. The Kier molecular flexibility index (Phi) is 3.45. The smallest absolute Gasteiger partial charge is 0.336 e. The van der Waals surface area contributed by atoms with Gasteiger partial charge in [-0.15, -0.1) is 0 Å². The van der Waals surface area contributed by atoms with Crippen LogP contribution in [0.1, 0.15) is 51.0 Å². The van der Waals surface area contributed by atoms with Crippen molar-refractivity contribution in [3.05, 3.63) is 76.4 Å². The highest BCUT2D eigenvalue weighted by Crippen LogP contribution is 2.51. The van der Waals surface area contributed by atoms with Crippen LogP contribution in [0, 0.1) is 19.8 Å². The molecule has 1 aliphatic carbocycles. The Hall–Kier alpha value is -2.55. The third-order valence-electron chi connectivity index (χ3n) is 5.39. The Bertz CT molecular complexity index is 836. The Balaban J connectivity index is 1.86. The number of aryl methyl sites for hydroxylation is 2. The van der Waals surface area contributed by atoms with Crippen molar-refractivity contribution < 1.29 is 9.90 Å². The maximum atomic E-state index is 11.7. The van der Waals surface area contributed by atoms with Crippen LogP contribution in [-0.2, 0) is 0 Å². The largest absolute Gasteiger partial charge is 0.478 e. The summed E-state index contributed by atoms with van der Waals surface area (Å²) >= 11 is 0. The zero-order valence-corrected chi connectivity index (χ0v) is 13.9. The van der Waals surface area contributed by atoms with Crippen molar-refractivity contribution in [3.8, 4) is 0 Å². The molecule has 0 unspecified atom stereocenters. The van der Waals surface area contributed by atoms with Crippen LogP contribution in [0.2, 0.25) is 0 Å². The first kappa shape index (κ1) is 15.0. The van der Waals surface area contributed by atoms with E-state index in [2.05, 4.69) is 48.7 Å². The first-order valence-electron chi connectivity index (χ1n) is 8.43. The van der Waals surface area contributed by atoms with Gasteiger partial charge in [0, 0.05) is 11.6 Å². The first-order chi connectivity index (χ1) is 11.6. The van der Waals surface area contributed by atoms with E-state index in [1.54, 1.807) is 6.07 Å². The maximum absolute atomic E-state index is 11.7. The van der Waals surface area contributed by atoms with E-state index >= 15 is 0 Å². The summed E-state index contributed by atoms with van der Waals surface area (Å²) in [6, 6.07) is 12.5. The van der Waals surface area contributed by atoms with Crippen molar-refractivity contribution in [1.29, 1.82) is 0 Å². The van der Waals surface area contributed by atoms with Crippen LogP contribution in [0.15, 0.2) is 48.6 Å². The van der Waals surface area contributed by atoms with Gasteiger partial charge in [-0.25, -0.2) is 4.79 Å². The van der Waals surface area contributed by atoms with E-state index in [0.29, 0.717) is 11.5 Å². The normalized spacial score (nSPS) is 24.2. The third kappa shape index (κ3) is 2.23. The predicted molar refractivity (Wildman–Crippen MR) is 95.7 cm³/mol. The number of carboxylic acids is 1. The van der Waals surface area contributed by atoms with Gasteiger partial charge in [-0.05, 0) is 48.9 Å². The van der Waals surface area contributed by atoms with Gasteiger partial charge in [-0.3, -0.25) is 0 Å². The topological polar surface area (TPSA) is 49.3 Å². The lowest BCUT2D eigenvalue weighted by atomic mass is 9.74. The highest BCUT2D eigenvalue weighted by atomic mass is 16.4. The molecule has 4 rings (SSSR count). The fraction of sp³-hybridized carbons (Fsp3) is 0.286. The molecular formula is C21H21NO2. The van der Waals surface area contributed by atoms with Crippen LogP contribution < -0.4 is 5.32 Å². The average Bonchev–Trinajstić information content (AvgIpc) is 3.05. The Morgan fingerprint density at radius 2 is 1.88 bits per heavy atom. The fourth-order valence-electron chi connectivity index (χ4n) is 4.15. The van der Waals surface area contributed by atoms with Crippen molar-refractivity contribution in [2.45, 2.75) is 32.2 Å². The van der Waals surface area contributed by atoms with Crippen molar-refractivity contribution in [1.82, 2.24) is 0 Å². The number of hydrogen-bond donors (Lipinski definition) is 2. The molecule has 0 amide bonds. The van der Waals surface area contributed by atoms with E-state index in [1.165, 1.54) is 11.1 Å². The van der Waals surface area contributed by atoms with Crippen LogP contribution >= 0.6 is 0 Å². The Labute approximate surface area is 142 Å². The summed E-state index contributed by atoms with van der Waals surface area (Å²) < 4.78 is 0. The van der Waals surface area contributed by atoms with Crippen molar-refractivity contribution in [2.75, 3.05) is 5.32 Å². The molecule has 0 fully saturated rings. The average molecular weight is 319 g/mol. The van der Waals surface area contributed by atoms with Gasteiger partial charge in [0.1, 0.15) is 0 Å². The number of carbonyl (C=O) groups is 1. The van der Waals surface area contributed by atoms with Crippen LogP contribution in [0.25, 0.3) is 0 Å². The van der Waals surface area contributed by atoms with Gasteiger partial charge >= 0.3 is 5.97 Å². The molecule has 122 valence electrons. The molecule has 3 nitrogen and oxygen atoms in total. The minimum atomic E-state index is -0.846. The van der Waals surface area contributed by atoms with E-state index in [1.807, 2.05) is 13.0 Å². The van der Waals surface area contributed by atoms with E-state index in [-0.39, 0.29) is 12.0 Å². The van der Waals surface area contributed by atoms with E-state index < -0.39 is 5.97 Å². The molecule has 1 heterocycles. The maximum Gasteiger partial charge on any atom is 0.336 e. The van der Waals surface area contributed by atoms with Crippen LogP contribution in [0.5, 0.6) is 0 Å². The molecule has 0 aromatic heterocycles. The standard InChI is InChI=1S/C21H21NO2/c1-12-6-9-14(10-7-12)20-16-5-3-4-15(16)18-17(21(23)24)11-8-13(2)19(18)22-20/h3-4,6-11,15-16,20,22H,5H2,1-2H3,(H,23,24)/t15-,16+,20-/m1/s1. The lowest BCUT2D eigenvalue weighted by molar-refractivity contribution is 0.0695. The summed E-state index contributed by atoms with van der Waals surface area (Å²) in [5.74, 6) is -0.320. The summed E-state index contributed by atoms with van der Waals surface area (Å²) in [7, 11) is 0. The molecule has 3 atom stereocenters. The van der Waals surface area contributed by atoms with Crippen LogP contribution in [0.3, 0.4) is 0 Å². The van der Waals surface area contributed by atoms with Gasteiger partial charge in [0.2, 0.25) is 0 Å². The Morgan fingerprint density at radius 3 is 2.58 bits per heavy atom. The van der Waals surface area contributed by atoms with E-state index in [0.717, 1.165) is 23.2 Å². The number of fused-ring (bicyclic) bond motifs is 3. The van der Waals surface area contributed by atoms with Crippen LogP contribution in [-0.4, -0.2) is 11.1 Å². The number of carboxylic acid groups (broad SMARTS) is 1. The summed E-state index contributed by atoms with van der Waals surface area (Å²) in [4.78, 5) is 11.7. The van der Waals surface area contributed by atoms with Gasteiger partial charge in [-0.2, -0.15) is 0 Å². The zero-order chi connectivity index (χ0) is 16.8. The van der Waals surface area contributed by atoms with Crippen molar-refractivity contribution in [3.63, 3.8) is 0 Å². The number of allylic oxidation sites excluding steroid dienone is 2. The van der Waals surface area contributed by atoms with Gasteiger partial charge < -0.3 is 10.4 Å². The summed E-state index contributed by atoms with van der Waals surface area (Å²) in [6.45, 7) is 4.14. The summed E-state index contributed by atoms with van der Waals surface area (Å²) in [5, 5.41) is 13.3. The third-order valence-corrected chi connectivity index (χ3v) is 5.39. The molecule has 24 heavy (non-hydrogen) atoms. The number of aromatic carboxylic acids is 1. The quantitative estimate of drug-likeness (QED) is 0.780. The monoisotopic (exact) mass is 319 g/mol.